The van der Waals surface area contributed by atoms with E-state index in [-0.39, 0.29) is 18.1 Å². The zero-order valence-corrected chi connectivity index (χ0v) is 15.7. The van der Waals surface area contributed by atoms with Gasteiger partial charge in [-0.1, -0.05) is 66.2 Å². The van der Waals surface area contributed by atoms with Crippen molar-refractivity contribution in [3.8, 4) is 11.9 Å². The zero-order chi connectivity index (χ0) is 19.5. The molecular formula is C22H17ClN4O. The third-order valence-corrected chi connectivity index (χ3v) is 4.81. The van der Waals surface area contributed by atoms with Crippen LogP contribution in [-0.2, 0) is 13.2 Å². The van der Waals surface area contributed by atoms with Crippen LogP contribution in [0.5, 0.6) is 5.88 Å². The Morgan fingerprint density at radius 1 is 1.04 bits per heavy atom. The number of nitrogen functional groups attached to an aromatic ring is 1. The van der Waals surface area contributed by atoms with Gasteiger partial charge in [0.25, 0.3) is 5.88 Å². The van der Waals surface area contributed by atoms with E-state index in [1.54, 1.807) is 16.8 Å². The lowest BCUT2D eigenvalue weighted by atomic mass is 10.0. The molecule has 28 heavy (non-hydrogen) atoms. The molecule has 0 aliphatic carbocycles. The monoisotopic (exact) mass is 388 g/mol. The number of hydrogen-bond acceptors (Lipinski definition) is 4. The number of nitrogens with two attached hydrogens (primary N) is 1. The van der Waals surface area contributed by atoms with Gasteiger partial charge in [0, 0.05) is 5.02 Å². The van der Waals surface area contributed by atoms with E-state index >= 15 is 0 Å². The Morgan fingerprint density at radius 3 is 2.57 bits per heavy atom. The lowest BCUT2D eigenvalue weighted by molar-refractivity contribution is 0.289. The normalized spacial score (nSPS) is 10.7. The minimum atomic E-state index is 0.232. The Balaban J connectivity index is 1.61. The molecule has 1 heterocycles. The summed E-state index contributed by atoms with van der Waals surface area (Å²) in [4.78, 5) is 0. The number of nitriles is 1. The van der Waals surface area contributed by atoms with Crippen molar-refractivity contribution in [2.24, 2.45) is 0 Å². The largest absolute Gasteiger partial charge is 0.471 e. The molecule has 0 atom stereocenters. The molecule has 0 bridgehead atoms. The summed E-state index contributed by atoms with van der Waals surface area (Å²) in [5, 5.41) is 16.9. The van der Waals surface area contributed by atoms with Crippen LogP contribution in [0.3, 0.4) is 0 Å². The Bertz CT molecular complexity index is 1170. The van der Waals surface area contributed by atoms with Crippen molar-refractivity contribution < 1.29 is 4.74 Å². The Kier molecular flexibility index (Phi) is 4.88. The van der Waals surface area contributed by atoms with Gasteiger partial charge in [-0.2, -0.15) is 5.26 Å². The number of fused-ring (bicyclic) bond motifs is 1. The second-order valence-corrected chi connectivity index (χ2v) is 6.82. The predicted octanol–water partition coefficient (Wildman–Crippen LogP) is 4.77. The molecule has 1 aromatic heterocycles. The lowest BCUT2D eigenvalue weighted by Crippen LogP contribution is -2.07. The number of aromatic nitrogens is 2. The topological polar surface area (TPSA) is 76.9 Å². The highest BCUT2D eigenvalue weighted by molar-refractivity contribution is 6.30. The van der Waals surface area contributed by atoms with Crippen molar-refractivity contribution in [3.63, 3.8) is 0 Å². The Morgan fingerprint density at radius 2 is 1.79 bits per heavy atom. The maximum absolute atomic E-state index is 9.50. The fraction of sp³-hybridized carbons (Fsp3) is 0.0909. The van der Waals surface area contributed by atoms with Gasteiger partial charge >= 0.3 is 0 Å². The molecule has 2 N–H and O–H groups in total. The van der Waals surface area contributed by atoms with Crippen LogP contribution < -0.4 is 10.5 Å². The van der Waals surface area contributed by atoms with E-state index in [2.05, 4.69) is 29.4 Å². The van der Waals surface area contributed by atoms with Crippen LogP contribution >= 0.6 is 11.6 Å². The average Bonchev–Trinajstić information content (AvgIpc) is 3.02. The summed E-state index contributed by atoms with van der Waals surface area (Å²) in [6, 6.07) is 23.6. The third kappa shape index (κ3) is 3.51. The second-order valence-electron chi connectivity index (χ2n) is 6.39. The molecule has 0 radical (unpaired) electrons. The van der Waals surface area contributed by atoms with Gasteiger partial charge in [-0.15, -0.1) is 5.10 Å². The van der Waals surface area contributed by atoms with Gasteiger partial charge < -0.3 is 10.5 Å². The highest BCUT2D eigenvalue weighted by Crippen LogP contribution is 2.26. The summed E-state index contributed by atoms with van der Waals surface area (Å²) < 4.78 is 7.37. The van der Waals surface area contributed by atoms with Crippen LogP contribution in [0.1, 0.15) is 16.7 Å². The molecule has 0 aliphatic rings. The van der Waals surface area contributed by atoms with E-state index in [0.29, 0.717) is 17.4 Å². The molecule has 0 saturated carbocycles. The van der Waals surface area contributed by atoms with Crippen molar-refractivity contribution in [1.82, 2.24) is 9.78 Å². The van der Waals surface area contributed by atoms with Gasteiger partial charge in [-0.3, -0.25) is 0 Å². The average molecular weight is 389 g/mol. The van der Waals surface area contributed by atoms with E-state index < -0.39 is 0 Å². The van der Waals surface area contributed by atoms with Crippen LogP contribution in [-0.4, -0.2) is 9.78 Å². The van der Waals surface area contributed by atoms with Crippen LogP contribution in [0.4, 0.5) is 5.82 Å². The molecule has 6 heteroatoms. The van der Waals surface area contributed by atoms with Gasteiger partial charge in [0.2, 0.25) is 0 Å². The van der Waals surface area contributed by atoms with E-state index in [0.717, 1.165) is 21.9 Å². The Hall–Kier alpha value is -3.49. The molecule has 5 nitrogen and oxygen atoms in total. The highest BCUT2D eigenvalue weighted by atomic mass is 35.5. The molecule has 0 saturated heterocycles. The fourth-order valence-electron chi connectivity index (χ4n) is 3.10. The first kappa shape index (κ1) is 17.9. The predicted molar refractivity (Wildman–Crippen MR) is 110 cm³/mol. The highest BCUT2D eigenvalue weighted by Gasteiger charge is 2.17. The van der Waals surface area contributed by atoms with Crippen molar-refractivity contribution in [1.29, 1.82) is 5.26 Å². The summed E-state index contributed by atoms with van der Waals surface area (Å²) in [7, 11) is 0. The van der Waals surface area contributed by atoms with Crippen molar-refractivity contribution in [2.75, 3.05) is 5.73 Å². The first-order valence-corrected chi connectivity index (χ1v) is 9.14. The number of hydrogen-bond donors (Lipinski definition) is 1. The van der Waals surface area contributed by atoms with E-state index in [4.69, 9.17) is 22.1 Å². The van der Waals surface area contributed by atoms with Gasteiger partial charge in [0.15, 0.2) is 5.56 Å². The summed E-state index contributed by atoms with van der Waals surface area (Å²) in [6.45, 7) is 0.725. The number of nitrogens with zero attached hydrogens (tertiary/aromatic N) is 3. The van der Waals surface area contributed by atoms with E-state index in [1.807, 2.05) is 36.4 Å². The maximum atomic E-state index is 9.50. The number of benzene rings is 3. The molecule has 0 fully saturated rings. The molecule has 4 aromatic rings. The minimum Gasteiger partial charge on any atom is -0.471 e. The zero-order valence-electron chi connectivity index (χ0n) is 15.0. The molecule has 0 aliphatic heterocycles. The van der Waals surface area contributed by atoms with Crippen LogP contribution in [0, 0.1) is 11.3 Å². The standard InChI is InChI=1S/C22H17ClN4O/c23-18-10-8-15(9-11-18)14-28-22-20(12-24)21(25)27(26-22)13-17-6-3-5-16-4-1-2-7-19(16)17/h1-11H,13-14,25H2. The molecular weight excluding hydrogens is 372 g/mol. The van der Waals surface area contributed by atoms with Crippen LogP contribution in [0.2, 0.25) is 5.02 Å². The molecule has 3 aromatic carbocycles. The van der Waals surface area contributed by atoms with Crippen molar-refractivity contribution in [2.45, 2.75) is 13.2 Å². The maximum Gasteiger partial charge on any atom is 0.253 e. The molecule has 0 spiro atoms. The summed E-state index contributed by atoms with van der Waals surface area (Å²) in [5.74, 6) is 0.525. The van der Waals surface area contributed by atoms with Gasteiger partial charge in [-0.25, -0.2) is 4.68 Å². The molecule has 4 rings (SSSR count). The molecule has 0 amide bonds. The van der Waals surface area contributed by atoms with E-state index in [9.17, 15) is 5.26 Å². The Labute approximate surface area is 167 Å². The third-order valence-electron chi connectivity index (χ3n) is 4.56. The first-order chi connectivity index (χ1) is 13.7. The second kappa shape index (κ2) is 7.63. The molecule has 0 unspecified atom stereocenters. The quantitative estimate of drug-likeness (QED) is 0.534. The summed E-state index contributed by atoms with van der Waals surface area (Å²) >= 11 is 5.90. The van der Waals surface area contributed by atoms with Gasteiger partial charge in [-0.05, 0) is 34.0 Å². The number of rotatable bonds is 5. The first-order valence-electron chi connectivity index (χ1n) is 8.76. The summed E-state index contributed by atoms with van der Waals surface area (Å²) in [5.41, 5.74) is 8.42. The summed E-state index contributed by atoms with van der Waals surface area (Å²) in [6.07, 6.45) is 0. The number of ether oxygens (including phenoxy) is 1. The fourth-order valence-corrected chi connectivity index (χ4v) is 3.23. The lowest BCUT2D eigenvalue weighted by Gasteiger charge is -2.08. The van der Waals surface area contributed by atoms with Gasteiger partial charge in [0.1, 0.15) is 18.5 Å². The SMILES string of the molecule is N#Cc1c(OCc2ccc(Cl)cc2)nn(Cc2cccc3ccccc23)c1N. The van der Waals surface area contributed by atoms with Crippen LogP contribution in [0.15, 0.2) is 66.7 Å². The number of anilines is 1. The van der Waals surface area contributed by atoms with E-state index in [1.165, 1.54) is 0 Å². The van der Waals surface area contributed by atoms with Crippen molar-refractivity contribution in [3.05, 3.63) is 88.4 Å². The molecule has 138 valence electrons. The van der Waals surface area contributed by atoms with Crippen LogP contribution in [0.25, 0.3) is 10.8 Å². The smallest absolute Gasteiger partial charge is 0.253 e. The van der Waals surface area contributed by atoms with Gasteiger partial charge in [0.05, 0.1) is 6.54 Å². The minimum absolute atomic E-state index is 0.232. The number of halogens is 1. The van der Waals surface area contributed by atoms with Crippen molar-refractivity contribution >= 4 is 28.2 Å².